The summed E-state index contributed by atoms with van der Waals surface area (Å²) in [6.07, 6.45) is 1.25. The monoisotopic (exact) mass is 439 g/mol. The van der Waals surface area contributed by atoms with E-state index < -0.39 is 0 Å². The van der Waals surface area contributed by atoms with Crippen LogP contribution in [0.25, 0.3) is 11.1 Å². The van der Waals surface area contributed by atoms with Crippen molar-refractivity contribution in [1.29, 1.82) is 0 Å². The highest BCUT2D eigenvalue weighted by molar-refractivity contribution is 5.79. The largest absolute Gasteiger partial charge is 0.492 e. The predicted octanol–water partition coefficient (Wildman–Crippen LogP) is 1.49. The summed E-state index contributed by atoms with van der Waals surface area (Å²) in [6.45, 7) is 4.70. The third kappa shape index (κ3) is 6.54. The van der Waals surface area contributed by atoms with Crippen LogP contribution in [0.3, 0.4) is 0 Å². The fourth-order valence-electron chi connectivity index (χ4n) is 3.43. The Labute approximate surface area is 190 Å². The molecule has 32 heavy (non-hydrogen) atoms. The minimum absolute atomic E-state index is 0.537. The molecule has 1 heterocycles. The van der Waals surface area contributed by atoms with Crippen LogP contribution < -0.4 is 30.7 Å². The third-order valence-electron chi connectivity index (χ3n) is 5.22. The van der Waals surface area contributed by atoms with Gasteiger partial charge in [-0.3, -0.25) is 20.2 Å². The quantitative estimate of drug-likeness (QED) is 0.205. The van der Waals surface area contributed by atoms with Crippen LogP contribution in [0.15, 0.2) is 53.5 Å². The topological polar surface area (TPSA) is 82.0 Å². The van der Waals surface area contributed by atoms with Crippen LogP contribution >= 0.6 is 0 Å². The molecular weight excluding hydrogens is 404 g/mol. The van der Waals surface area contributed by atoms with E-state index in [4.69, 9.17) is 9.47 Å². The number of aliphatic imine (C=N–C) groups is 1. The molecule has 1 saturated heterocycles. The van der Waals surface area contributed by atoms with Gasteiger partial charge in [-0.05, 0) is 23.8 Å². The minimum atomic E-state index is 0.537. The van der Waals surface area contributed by atoms with Crippen LogP contribution in [0.4, 0.5) is 0 Å². The van der Waals surface area contributed by atoms with Crippen LogP contribution in [0.1, 0.15) is 6.42 Å². The minimum Gasteiger partial charge on any atom is -0.492 e. The van der Waals surface area contributed by atoms with E-state index in [0.29, 0.717) is 19.8 Å². The van der Waals surface area contributed by atoms with E-state index in [2.05, 4.69) is 43.0 Å². The van der Waals surface area contributed by atoms with Gasteiger partial charge in [0.1, 0.15) is 24.7 Å². The molecule has 3 rings (SSSR count). The Morgan fingerprint density at radius 1 is 0.938 bits per heavy atom. The molecule has 0 aliphatic carbocycles. The summed E-state index contributed by atoms with van der Waals surface area (Å²) in [7, 11) is 5.52. The van der Waals surface area contributed by atoms with Gasteiger partial charge in [-0.25, -0.2) is 0 Å². The lowest BCUT2D eigenvalue weighted by atomic mass is 10.0. The number of para-hydroxylation sites is 1. The molecule has 1 aliphatic rings. The lowest BCUT2D eigenvalue weighted by molar-refractivity contribution is -0.586. The van der Waals surface area contributed by atoms with Crippen LogP contribution in [0.5, 0.6) is 11.5 Å². The molecule has 0 atom stereocenters. The lowest BCUT2D eigenvalue weighted by Crippen LogP contribution is -2.48. The summed E-state index contributed by atoms with van der Waals surface area (Å²) < 4.78 is 14.3. The van der Waals surface area contributed by atoms with E-state index >= 15 is 0 Å². The molecule has 0 unspecified atom stereocenters. The first kappa shape index (κ1) is 23.2. The number of nitrogens with zero attached hydrogens (tertiary/aromatic N) is 2. The number of ether oxygens (including phenoxy) is 2. The summed E-state index contributed by atoms with van der Waals surface area (Å²) >= 11 is 0. The SMILES string of the molecule is CN=C(NC)NCCOc1cccc(-c2ccccc2OCCNC(NC)=[N+]2CCC2)c1. The molecule has 172 valence electrons. The maximum absolute atomic E-state index is 6.11. The standard InChI is InChI=1S/C24H34N6O2/c1-25-23(26-2)28-12-16-31-20-9-6-8-19(18-20)21-10-4-5-11-22(21)32-17-13-29-24(27-3)30-14-7-15-30/h4-6,8-11,18H,7,12-17H2,1-3H3,(H3,25,26,27,28,29)/p+1. The summed E-state index contributed by atoms with van der Waals surface area (Å²) in [5, 5.41) is 12.8. The number of guanidine groups is 2. The third-order valence-corrected chi connectivity index (χ3v) is 5.22. The Kier molecular flexibility index (Phi) is 9.04. The maximum atomic E-state index is 6.11. The fraction of sp³-hybridized carbons (Fsp3) is 0.417. The number of benzene rings is 2. The highest BCUT2D eigenvalue weighted by Crippen LogP contribution is 2.31. The first-order valence-corrected chi connectivity index (χ1v) is 11.1. The van der Waals surface area contributed by atoms with Crippen LogP contribution in [-0.4, -0.2) is 77.0 Å². The van der Waals surface area contributed by atoms with Crippen molar-refractivity contribution in [1.82, 2.24) is 21.3 Å². The number of rotatable bonds is 9. The van der Waals surface area contributed by atoms with E-state index in [0.717, 1.165) is 54.2 Å². The molecule has 4 N–H and O–H groups in total. The summed E-state index contributed by atoms with van der Waals surface area (Å²) in [6, 6.07) is 16.2. The van der Waals surface area contributed by atoms with Gasteiger partial charge in [0.2, 0.25) is 0 Å². The normalized spacial score (nSPS) is 13.1. The molecule has 8 nitrogen and oxygen atoms in total. The van der Waals surface area contributed by atoms with E-state index in [1.165, 1.54) is 6.42 Å². The Balaban J connectivity index is 1.55. The van der Waals surface area contributed by atoms with Gasteiger partial charge in [-0.2, -0.15) is 0 Å². The molecule has 0 bridgehead atoms. The first-order valence-electron chi connectivity index (χ1n) is 11.1. The van der Waals surface area contributed by atoms with E-state index in [9.17, 15) is 0 Å². The van der Waals surface area contributed by atoms with Crippen molar-refractivity contribution < 1.29 is 14.0 Å². The van der Waals surface area contributed by atoms with Gasteiger partial charge in [-0.1, -0.05) is 30.3 Å². The highest BCUT2D eigenvalue weighted by Gasteiger charge is 2.17. The zero-order valence-corrected chi connectivity index (χ0v) is 19.3. The van der Waals surface area contributed by atoms with Gasteiger partial charge in [-0.15, -0.1) is 0 Å². The van der Waals surface area contributed by atoms with Crippen molar-refractivity contribution in [2.24, 2.45) is 4.99 Å². The molecule has 0 saturated carbocycles. The average Bonchev–Trinajstić information content (AvgIpc) is 2.80. The Bertz CT molecular complexity index is 922. The molecule has 2 aromatic carbocycles. The second-order valence-electron chi connectivity index (χ2n) is 7.34. The number of hydrogen-bond acceptors (Lipinski definition) is 3. The molecule has 8 heteroatoms. The second-order valence-corrected chi connectivity index (χ2v) is 7.34. The molecule has 0 aromatic heterocycles. The van der Waals surface area contributed by atoms with Crippen LogP contribution in [0, 0.1) is 0 Å². The van der Waals surface area contributed by atoms with Gasteiger partial charge in [0.05, 0.1) is 33.2 Å². The fourth-order valence-corrected chi connectivity index (χ4v) is 3.43. The second kappa shape index (κ2) is 12.4. The zero-order valence-electron chi connectivity index (χ0n) is 19.3. The molecule has 2 aromatic rings. The maximum Gasteiger partial charge on any atom is 0.345 e. The molecule has 0 radical (unpaired) electrons. The Hall–Kier alpha value is -3.42. The lowest BCUT2D eigenvalue weighted by Gasteiger charge is -2.20. The molecular formula is C24H35N6O2+. The smallest absolute Gasteiger partial charge is 0.345 e. The van der Waals surface area contributed by atoms with Gasteiger partial charge in [0.15, 0.2) is 5.96 Å². The number of hydrogen-bond donors (Lipinski definition) is 4. The molecule has 0 spiro atoms. The molecule has 1 fully saturated rings. The van der Waals surface area contributed by atoms with Crippen LogP contribution in [0.2, 0.25) is 0 Å². The predicted molar refractivity (Wildman–Crippen MR) is 130 cm³/mol. The summed E-state index contributed by atoms with van der Waals surface area (Å²) in [5.41, 5.74) is 2.11. The number of nitrogens with one attached hydrogen (secondary N) is 4. The van der Waals surface area contributed by atoms with Gasteiger partial charge in [0.25, 0.3) is 0 Å². The molecule has 0 amide bonds. The summed E-state index contributed by atoms with van der Waals surface area (Å²) in [4.78, 5) is 4.09. The molecule has 1 aliphatic heterocycles. The van der Waals surface area contributed by atoms with E-state index in [-0.39, 0.29) is 0 Å². The van der Waals surface area contributed by atoms with Gasteiger partial charge in [0, 0.05) is 26.1 Å². The van der Waals surface area contributed by atoms with Crippen LogP contribution in [-0.2, 0) is 0 Å². The first-order chi connectivity index (χ1) is 15.7. The highest BCUT2D eigenvalue weighted by atomic mass is 16.5. The zero-order chi connectivity index (χ0) is 22.6. The van der Waals surface area contributed by atoms with Crippen molar-refractivity contribution >= 4 is 11.9 Å². The average molecular weight is 440 g/mol. The van der Waals surface area contributed by atoms with Crippen molar-refractivity contribution in [3.8, 4) is 22.6 Å². The van der Waals surface area contributed by atoms with Gasteiger partial charge < -0.3 is 20.1 Å². The van der Waals surface area contributed by atoms with E-state index in [1.807, 2.05) is 50.5 Å². The van der Waals surface area contributed by atoms with E-state index in [1.54, 1.807) is 7.05 Å². The van der Waals surface area contributed by atoms with Crippen molar-refractivity contribution in [2.75, 3.05) is 60.5 Å². The summed E-state index contributed by atoms with van der Waals surface area (Å²) in [5.74, 6) is 3.50. The Morgan fingerprint density at radius 3 is 2.44 bits per heavy atom. The van der Waals surface area contributed by atoms with Gasteiger partial charge >= 0.3 is 5.96 Å². The Morgan fingerprint density at radius 2 is 1.72 bits per heavy atom. The van der Waals surface area contributed by atoms with Crippen molar-refractivity contribution in [2.45, 2.75) is 6.42 Å². The van der Waals surface area contributed by atoms with Crippen molar-refractivity contribution in [3.05, 3.63) is 48.5 Å². The van der Waals surface area contributed by atoms with Crippen molar-refractivity contribution in [3.63, 3.8) is 0 Å².